The average molecular weight is 557 g/mol. The van der Waals surface area contributed by atoms with Crippen LogP contribution in [0.2, 0.25) is 5.02 Å². The first-order valence-corrected chi connectivity index (χ1v) is 14.1. The van der Waals surface area contributed by atoms with Crippen LogP contribution in [-0.2, 0) is 16.1 Å². The zero-order valence-electron chi connectivity index (χ0n) is 23.5. The zero-order chi connectivity index (χ0) is 28.2. The molecule has 0 saturated heterocycles. The summed E-state index contributed by atoms with van der Waals surface area (Å²) in [5.74, 6) is 1.07. The Balaban J connectivity index is 1.60. The molecule has 2 fully saturated rings. The second kappa shape index (κ2) is 10.3. The quantitative estimate of drug-likeness (QED) is 0.296. The molecular formula is C31H37ClO7. The second-order valence-corrected chi connectivity index (χ2v) is 12.4. The average Bonchev–Trinajstić information content (AvgIpc) is 3.48. The molecule has 7 nitrogen and oxygen atoms in total. The van der Waals surface area contributed by atoms with Crippen molar-refractivity contribution in [1.82, 2.24) is 0 Å². The van der Waals surface area contributed by atoms with Crippen molar-refractivity contribution >= 4 is 23.5 Å². The fourth-order valence-corrected chi connectivity index (χ4v) is 6.91. The number of methoxy groups -OCH3 is 1. The van der Waals surface area contributed by atoms with Crippen LogP contribution in [-0.4, -0.2) is 24.2 Å². The maximum atomic E-state index is 13.7. The lowest BCUT2D eigenvalue weighted by molar-refractivity contribution is -0.148. The number of cyclic esters (lactones) is 1. The molecule has 0 amide bonds. The first-order valence-electron chi connectivity index (χ1n) is 13.7. The third-order valence-electron chi connectivity index (χ3n) is 8.97. The van der Waals surface area contributed by atoms with Crippen LogP contribution in [0, 0.1) is 37.0 Å². The minimum Gasteiger partial charge on any atom is -0.495 e. The monoisotopic (exact) mass is 556 g/mol. The molecule has 210 valence electrons. The summed E-state index contributed by atoms with van der Waals surface area (Å²) in [7, 11) is 1.44. The van der Waals surface area contributed by atoms with E-state index in [4.69, 9.17) is 30.5 Å². The van der Waals surface area contributed by atoms with Crippen LogP contribution in [0.5, 0.6) is 23.0 Å². The minimum absolute atomic E-state index is 0.0650. The SMILES string of the molecule is COc1c([C@@H](O)CC(C)C)ccc2c1C(=O)OCc1c(Cl)c(C)c(C)c(OC(=O)[C@]3(C)CC4CC[C@H]3C4)c1O2. The van der Waals surface area contributed by atoms with Gasteiger partial charge in [0.15, 0.2) is 11.5 Å². The third-order valence-corrected chi connectivity index (χ3v) is 9.48. The first kappa shape index (κ1) is 27.8. The Morgan fingerprint density at radius 1 is 1.21 bits per heavy atom. The van der Waals surface area contributed by atoms with Gasteiger partial charge in [-0.2, -0.15) is 0 Å². The number of carbonyl (C=O) groups excluding carboxylic acids is 2. The summed E-state index contributed by atoms with van der Waals surface area (Å²) in [5.41, 5.74) is 1.83. The molecule has 1 N–H and O–H groups in total. The normalized spacial score (nSPS) is 24.3. The molecule has 4 atom stereocenters. The van der Waals surface area contributed by atoms with Crippen molar-refractivity contribution < 1.29 is 33.6 Å². The van der Waals surface area contributed by atoms with E-state index in [1.54, 1.807) is 12.1 Å². The Morgan fingerprint density at radius 2 is 1.95 bits per heavy atom. The number of halogens is 1. The van der Waals surface area contributed by atoms with Gasteiger partial charge in [-0.25, -0.2) is 4.79 Å². The predicted molar refractivity (Wildman–Crippen MR) is 147 cm³/mol. The van der Waals surface area contributed by atoms with Crippen molar-refractivity contribution in [3.63, 3.8) is 0 Å². The molecule has 1 heterocycles. The highest BCUT2D eigenvalue weighted by Gasteiger charge is 2.53. The maximum absolute atomic E-state index is 13.7. The molecule has 39 heavy (non-hydrogen) atoms. The molecule has 8 heteroatoms. The fourth-order valence-electron chi connectivity index (χ4n) is 6.63. The first-order chi connectivity index (χ1) is 18.5. The minimum atomic E-state index is -0.839. The van der Waals surface area contributed by atoms with Gasteiger partial charge in [-0.05, 0) is 81.9 Å². The lowest BCUT2D eigenvalue weighted by atomic mass is 9.75. The number of ether oxygens (including phenoxy) is 4. The molecule has 1 unspecified atom stereocenters. The van der Waals surface area contributed by atoms with Gasteiger partial charge in [0.05, 0.1) is 29.2 Å². The molecule has 1 aliphatic heterocycles. The summed E-state index contributed by atoms with van der Waals surface area (Å²) in [4.78, 5) is 26.9. The van der Waals surface area contributed by atoms with Crippen LogP contribution in [0.15, 0.2) is 12.1 Å². The van der Waals surface area contributed by atoms with Crippen molar-refractivity contribution in [2.75, 3.05) is 7.11 Å². The van der Waals surface area contributed by atoms with E-state index in [2.05, 4.69) is 0 Å². The van der Waals surface area contributed by atoms with E-state index < -0.39 is 17.5 Å². The number of rotatable bonds is 6. The molecule has 2 aliphatic carbocycles. The van der Waals surface area contributed by atoms with E-state index >= 15 is 0 Å². The van der Waals surface area contributed by atoms with Gasteiger partial charge in [-0.3, -0.25) is 4.79 Å². The molecule has 2 saturated carbocycles. The Hall–Kier alpha value is -2.77. The van der Waals surface area contributed by atoms with Crippen LogP contribution in [0.4, 0.5) is 0 Å². The largest absolute Gasteiger partial charge is 0.495 e. The van der Waals surface area contributed by atoms with Gasteiger partial charge in [0, 0.05) is 11.1 Å². The molecular weight excluding hydrogens is 520 g/mol. The fraction of sp³-hybridized carbons (Fsp3) is 0.548. The lowest BCUT2D eigenvalue weighted by Crippen LogP contribution is -2.37. The number of aliphatic hydroxyl groups is 1. The highest BCUT2D eigenvalue weighted by atomic mass is 35.5. The number of esters is 2. The van der Waals surface area contributed by atoms with Gasteiger partial charge in [0.1, 0.15) is 23.7 Å². The van der Waals surface area contributed by atoms with Crippen molar-refractivity contribution in [1.29, 1.82) is 0 Å². The summed E-state index contributed by atoms with van der Waals surface area (Å²) in [6.07, 6.45) is 3.75. The number of benzene rings is 2. The molecule has 5 rings (SSSR count). The van der Waals surface area contributed by atoms with Crippen LogP contribution < -0.4 is 14.2 Å². The Labute approximate surface area is 234 Å². The van der Waals surface area contributed by atoms with Crippen molar-refractivity contribution in [3.8, 4) is 23.0 Å². The summed E-state index contributed by atoms with van der Waals surface area (Å²) in [5, 5.41) is 11.2. The van der Waals surface area contributed by atoms with Crippen LogP contribution in [0.1, 0.15) is 91.6 Å². The Bertz CT molecular complexity index is 1330. The zero-order valence-corrected chi connectivity index (χ0v) is 24.2. The highest BCUT2D eigenvalue weighted by Crippen LogP contribution is 2.57. The van der Waals surface area contributed by atoms with E-state index in [0.29, 0.717) is 40.0 Å². The van der Waals surface area contributed by atoms with Crippen LogP contribution >= 0.6 is 11.6 Å². The summed E-state index contributed by atoms with van der Waals surface area (Å²) in [6.45, 7) is 9.52. The van der Waals surface area contributed by atoms with E-state index in [0.717, 1.165) is 24.8 Å². The van der Waals surface area contributed by atoms with Gasteiger partial charge in [-0.15, -0.1) is 0 Å². The predicted octanol–water partition coefficient (Wildman–Crippen LogP) is 7.24. The van der Waals surface area contributed by atoms with E-state index in [9.17, 15) is 14.7 Å². The highest BCUT2D eigenvalue weighted by molar-refractivity contribution is 6.32. The number of hydrogen-bond acceptors (Lipinski definition) is 7. The molecule has 0 radical (unpaired) electrons. The van der Waals surface area contributed by atoms with Crippen LogP contribution in [0.3, 0.4) is 0 Å². The molecule has 0 spiro atoms. The van der Waals surface area contributed by atoms with Crippen LogP contribution in [0.25, 0.3) is 0 Å². The molecule has 2 aromatic rings. The van der Waals surface area contributed by atoms with Crippen molar-refractivity contribution in [2.45, 2.75) is 79.4 Å². The Morgan fingerprint density at radius 3 is 2.56 bits per heavy atom. The van der Waals surface area contributed by atoms with Gasteiger partial charge in [0.2, 0.25) is 0 Å². The smallest absolute Gasteiger partial charge is 0.346 e. The molecule has 3 aliphatic rings. The summed E-state index contributed by atoms with van der Waals surface area (Å²) < 4.78 is 23.9. The van der Waals surface area contributed by atoms with E-state index in [1.165, 1.54) is 13.5 Å². The molecule has 2 bridgehead atoms. The number of aliphatic hydroxyl groups excluding tert-OH is 1. The number of hydrogen-bond donors (Lipinski definition) is 1. The second-order valence-electron chi connectivity index (χ2n) is 12.0. The van der Waals surface area contributed by atoms with Crippen molar-refractivity contribution in [3.05, 3.63) is 45.0 Å². The van der Waals surface area contributed by atoms with Gasteiger partial charge >= 0.3 is 11.9 Å². The van der Waals surface area contributed by atoms with Gasteiger partial charge in [0.25, 0.3) is 0 Å². The van der Waals surface area contributed by atoms with E-state index in [-0.39, 0.29) is 47.1 Å². The van der Waals surface area contributed by atoms with Gasteiger partial charge in [-0.1, -0.05) is 31.9 Å². The molecule has 2 aromatic carbocycles. The Kier molecular flexibility index (Phi) is 7.36. The topological polar surface area (TPSA) is 91.3 Å². The van der Waals surface area contributed by atoms with Crippen molar-refractivity contribution in [2.24, 2.45) is 23.2 Å². The summed E-state index contributed by atoms with van der Waals surface area (Å²) >= 11 is 6.74. The standard InChI is InChI=1S/C31H37ClO7/c1-15(2)11-22(33)20-9-10-23-24(27(20)36-6)29(34)37-14-21-25(32)16(3)17(4)26(28(21)38-23)39-30(35)31(5)13-18-7-8-19(31)12-18/h9-10,15,18-19,22,33H,7-8,11-14H2,1-6H3/t18?,19-,22-,31+/m0/s1. The number of fused-ring (bicyclic) bond motifs is 4. The lowest BCUT2D eigenvalue weighted by Gasteiger charge is -2.32. The maximum Gasteiger partial charge on any atom is 0.346 e. The summed E-state index contributed by atoms with van der Waals surface area (Å²) in [6, 6.07) is 3.29. The van der Waals surface area contributed by atoms with Gasteiger partial charge < -0.3 is 24.1 Å². The third kappa shape index (κ3) is 4.67. The van der Waals surface area contributed by atoms with E-state index in [1.807, 2.05) is 34.6 Å². The molecule has 0 aromatic heterocycles. The number of carbonyl (C=O) groups is 2.